The Morgan fingerprint density at radius 3 is 2.71 bits per heavy atom. The quantitative estimate of drug-likeness (QED) is 0.703. The molecule has 0 aromatic rings. The minimum absolute atomic E-state index is 0.277. The Morgan fingerprint density at radius 2 is 2.06 bits per heavy atom. The molecular weight excluding hydrogens is 242 g/mol. The summed E-state index contributed by atoms with van der Waals surface area (Å²) in [6.07, 6.45) is 3.41. The predicted molar refractivity (Wildman–Crippen MR) is 65.0 cm³/mol. The van der Waals surface area contributed by atoms with E-state index < -0.39 is 10.2 Å². The van der Waals surface area contributed by atoms with E-state index in [0.717, 1.165) is 13.0 Å². The molecule has 2 aliphatic rings. The van der Waals surface area contributed by atoms with Crippen LogP contribution in [-0.2, 0) is 14.9 Å². The molecule has 0 amide bonds. The molecule has 2 fully saturated rings. The zero-order valence-corrected chi connectivity index (χ0v) is 10.8. The molecule has 1 unspecified atom stereocenters. The Bertz CT molecular complexity index is 322. The Kier molecular flexibility index (Phi) is 4.75. The lowest BCUT2D eigenvalue weighted by molar-refractivity contribution is 0.0724. The molecule has 0 saturated carbocycles. The van der Waals surface area contributed by atoms with E-state index in [2.05, 4.69) is 10.0 Å². The van der Waals surface area contributed by atoms with Gasteiger partial charge in [-0.25, -0.2) is 4.72 Å². The highest BCUT2D eigenvalue weighted by atomic mass is 32.2. The summed E-state index contributed by atoms with van der Waals surface area (Å²) in [7, 11) is -3.32. The third-order valence-electron chi connectivity index (χ3n) is 3.23. The Labute approximate surface area is 103 Å². The number of morpholine rings is 1. The van der Waals surface area contributed by atoms with Gasteiger partial charge in [0.25, 0.3) is 10.2 Å². The van der Waals surface area contributed by atoms with Crippen LogP contribution in [0.25, 0.3) is 0 Å². The van der Waals surface area contributed by atoms with Crippen molar-refractivity contribution < 1.29 is 13.2 Å². The lowest BCUT2D eigenvalue weighted by Gasteiger charge is -2.28. The molecular formula is C10H21N3O3S. The summed E-state index contributed by atoms with van der Waals surface area (Å²) in [6.45, 7) is 3.36. The van der Waals surface area contributed by atoms with E-state index >= 15 is 0 Å². The van der Waals surface area contributed by atoms with Gasteiger partial charge in [0.05, 0.1) is 13.2 Å². The minimum Gasteiger partial charge on any atom is -0.379 e. The Hall–Kier alpha value is -0.210. The van der Waals surface area contributed by atoms with Crippen LogP contribution in [0.15, 0.2) is 0 Å². The van der Waals surface area contributed by atoms with Gasteiger partial charge in [-0.15, -0.1) is 0 Å². The Morgan fingerprint density at radius 1 is 1.29 bits per heavy atom. The van der Waals surface area contributed by atoms with Crippen molar-refractivity contribution in [3.8, 4) is 0 Å². The number of rotatable bonds is 4. The lowest BCUT2D eigenvalue weighted by Crippen LogP contribution is -2.50. The van der Waals surface area contributed by atoms with Gasteiger partial charge in [-0.3, -0.25) is 0 Å². The van der Waals surface area contributed by atoms with Crippen LogP contribution in [0.2, 0.25) is 0 Å². The molecule has 7 heteroatoms. The fourth-order valence-electron chi connectivity index (χ4n) is 2.18. The number of hydrogen-bond acceptors (Lipinski definition) is 4. The third-order valence-corrected chi connectivity index (χ3v) is 4.81. The highest BCUT2D eigenvalue weighted by Gasteiger charge is 2.25. The molecule has 0 spiro atoms. The summed E-state index contributed by atoms with van der Waals surface area (Å²) in [4.78, 5) is 0. The van der Waals surface area contributed by atoms with Crippen LogP contribution in [0, 0.1) is 0 Å². The standard InChI is InChI=1S/C10H21N3O3S/c14-17(15,13-5-7-16-8-6-13)12-9-10-3-1-2-4-11-10/h10-12H,1-9H2. The summed E-state index contributed by atoms with van der Waals surface area (Å²) in [6, 6.07) is 0.277. The molecule has 0 aliphatic carbocycles. The molecule has 17 heavy (non-hydrogen) atoms. The van der Waals surface area contributed by atoms with Crippen molar-refractivity contribution in [1.29, 1.82) is 0 Å². The van der Waals surface area contributed by atoms with Crippen molar-refractivity contribution in [2.75, 3.05) is 39.4 Å². The van der Waals surface area contributed by atoms with Gasteiger partial charge in [0.1, 0.15) is 0 Å². The van der Waals surface area contributed by atoms with Gasteiger partial charge >= 0.3 is 0 Å². The van der Waals surface area contributed by atoms with Gasteiger partial charge in [0.2, 0.25) is 0 Å². The second kappa shape index (κ2) is 6.10. The number of hydrogen-bond donors (Lipinski definition) is 2. The van der Waals surface area contributed by atoms with Crippen LogP contribution < -0.4 is 10.0 Å². The van der Waals surface area contributed by atoms with Gasteiger partial charge in [-0.05, 0) is 19.4 Å². The molecule has 2 N–H and O–H groups in total. The largest absolute Gasteiger partial charge is 0.379 e. The van der Waals surface area contributed by atoms with Crippen LogP contribution in [0.4, 0.5) is 0 Å². The zero-order valence-electron chi connectivity index (χ0n) is 10.0. The van der Waals surface area contributed by atoms with Gasteiger partial charge < -0.3 is 10.1 Å². The topological polar surface area (TPSA) is 70.7 Å². The normalized spacial score (nSPS) is 28.1. The smallest absolute Gasteiger partial charge is 0.279 e. The highest BCUT2D eigenvalue weighted by molar-refractivity contribution is 7.87. The van der Waals surface area contributed by atoms with Crippen molar-refractivity contribution in [2.45, 2.75) is 25.3 Å². The van der Waals surface area contributed by atoms with E-state index in [1.807, 2.05) is 0 Å². The van der Waals surface area contributed by atoms with Gasteiger partial charge in [0.15, 0.2) is 0 Å². The highest BCUT2D eigenvalue weighted by Crippen LogP contribution is 2.07. The summed E-state index contributed by atoms with van der Waals surface area (Å²) in [5, 5.41) is 3.32. The van der Waals surface area contributed by atoms with E-state index in [1.165, 1.54) is 17.1 Å². The fraction of sp³-hybridized carbons (Fsp3) is 1.00. The molecule has 0 radical (unpaired) electrons. The monoisotopic (exact) mass is 263 g/mol. The molecule has 2 rings (SSSR count). The first kappa shape index (κ1) is 13.2. The molecule has 0 bridgehead atoms. The number of piperidine rings is 1. The summed E-state index contributed by atoms with van der Waals surface area (Å²) < 4.78 is 33.2. The molecule has 1 atom stereocenters. The van der Waals surface area contributed by atoms with Crippen LogP contribution in [0.1, 0.15) is 19.3 Å². The van der Waals surface area contributed by atoms with Crippen LogP contribution in [0.3, 0.4) is 0 Å². The summed E-state index contributed by atoms with van der Waals surface area (Å²) in [5.74, 6) is 0. The first-order valence-corrected chi connectivity index (χ1v) is 7.68. The average molecular weight is 263 g/mol. The van der Waals surface area contributed by atoms with E-state index in [-0.39, 0.29) is 6.04 Å². The van der Waals surface area contributed by atoms with Crippen LogP contribution in [0.5, 0.6) is 0 Å². The SMILES string of the molecule is O=S(=O)(NCC1CCCCN1)N1CCOCC1. The second-order valence-electron chi connectivity index (χ2n) is 4.51. The molecule has 0 aromatic carbocycles. The molecule has 2 saturated heterocycles. The second-order valence-corrected chi connectivity index (χ2v) is 6.27. The van der Waals surface area contributed by atoms with Crippen LogP contribution in [-0.4, -0.2) is 58.2 Å². The van der Waals surface area contributed by atoms with Crippen molar-refractivity contribution in [2.24, 2.45) is 0 Å². The fourth-order valence-corrected chi connectivity index (χ4v) is 3.41. The Balaban J connectivity index is 1.79. The maximum atomic E-state index is 12.0. The maximum absolute atomic E-state index is 12.0. The average Bonchev–Trinajstić information content (AvgIpc) is 2.39. The molecule has 100 valence electrons. The van der Waals surface area contributed by atoms with Crippen molar-refractivity contribution >= 4 is 10.2 Å². The van der Waals surface area contributed by atoms with Crippen molar-refractivity contribution in [1.82, 2.24) is 14.3 Å². The molecule has 2 heterocycles. The molecule has 0 aromatic heterocycles. The van der Waals surface area contributed by atoms with E-state index in [9.17, 15) is 8.42 Å². The first-order valence-electron chi connectivity index (χ1n) is 6.24. The summed E-state index contributed by atoms with van der Waals surface area (Å²) in [5.41, 5.74) is 0. The number of nitrogens with one attached hydrogen (secondary N) is 2. The first-order chi connectivity index (χ1) is 8.18. The van der Waals surface area contributed by atoms with Crippen molar-refractivity contribution in [3.05, 3.63) is 0 Å². The lowest BCUT2D eigenvalue weighted by atomic mass is 10.1. The van der Waals surface area contributed by atoms with Crippen LogP contribution >= 0.6 is 0 Å². The summed E-state index contributed by atoms with van der Waals surface area (Å²) >= 11 is 0. The molecule has 2 aliphatic heterocycles. The molecule has 6 nitrogen and oxygen atoms in total. The predicted octanol–water partition coefficient (Wildman–Crippen LogP) is -0.705. The van der Waals surface area contributed by atoms with Gasteiger partial charge in [0, 0.05) is 25.7 Å². The van der Waals surface area contributed by atoms with E-state index in [4.69, 9.17) is 4.74 Å². The van der Waals surface area contributed by atoms with Gasteiger partial charge in [-0.2, -0.15) is 12.7 Å². The minimum atomic E-state index is -3.32. The zero-order chi connectivity index (χ0) is 12.1. The number of ether oxygens (including phenoxy) is 1. The number of nitrogens with zero attached hydrogens (tertiary/aromatic N) is 1. The van der Waals surface area contributed by atoms with Crippen molar-refractivity contribution in [3.63, 3.8) is 0 Å². The van der Waals surface area contributed by atoms with E-state index in [1.54, 1.807) is 0 Å². The van der Waals surface area contributed by atoms with E-state index in [0.29, 0.717) is 32.8 Å². The maximum Gasteiger partial charge on any atom is 0.279 e. The van der Waals surface area contributed by atoms with Gasteiger partial charge in [-0.1, -0.05) is 6.42 Å². The third kappa shape index (κ3) is 3.89.